The van der Waals surface area contributed by atoms with Crippen molar-refractivity contribution in [2.24, 2.45) is 0 Å². The van der Waals surface area contributed by atoms with E-state index in [-0.39, 0.29) is 24.9 Å². The average molecular weight is 255 g/mol. The lowest BCUT2D eigenvalue weighted by molar-refractivity contribution is -0.136. The Morgan fingerprint density at radius 2 is 2.06 bits per heavy atom. The fourth-order valence-electron chi connectivity index (χ4n) is 1.93. The molecule has 0 atom stereocenters. The number of rotatable bonds is 3. The second kappa shape index (κ2) is 5.19. The highest BCUT2D eigenvalue weighted by atomic mass is 35.5. The van der Waals surface area contributed by atoms with Crippen LogP contribution in [0, 0.1) is 0 Å². The van der Waals surface area contributed by atoms with Crippen LogP contribution in [0.5, 0.6) is 0 Å². The third-order valence-corrected chi connectivity index (χ3v) is 2.49. The summed E-state index contributed by atoms with van der Waals surface area (Å²) in [5.41, 5.74) is 1.85. The summed E-state index contributed by atoms with van der Waals surface area (Å²) < 4.78 is 1.98. The SMILES string of the molecule is CC(C)n1c(CC(=O)O)nc2ccccc21.Cl. The molecule has 0 bridgehead atoms. The molecule has 1 heterocycles. The van der Waals surface area contributed by atoms with Crippen LogP contribution in [0.1, 0.15) is 25.7 Å². The zero-order chi connectivity index (χ0) is 11.7. The van der Waals surface area contributed by atoms with Crippen molar-refractivity contribution in [3.05, 3.63) is 30.1 Å². The lowest BCUT2D eigenvalue weighted by atomic mass is 10.3. The van der Waals surface area contributed by atoms with Gasteiger partial charge in [0.2, 0.25) is 0 Å². The molecule has 0 saturated carbocycles. The Labute approximate surface area is 106 Å². The number of carboxylic acid groups (broad SMARTS) is 1. The smallest absolute Gasteiger partial charge is 0.311 e. The number of imidazole rings is 1. The molecule has 1 aromatic carbocycles. The fraction of sp³-hybridized carbons (Fsp3) is 0.333. The van der Waals surface area contributed by atoms with Gasteiger partial charge < -0.3 is 9.67 Å². The first-order valence-corrected chi connectivity index (χ1v) is 5.27. The van der Waals surface area contributed by atoms with E-state index in [9.17, 15) is 4.79 Å². The first-order valence-electron chi connectivity index (χ1n) is 5.27. The molecule has 4 nitrogen and oxygen atoms in total. The van der Waals surface area contributed by atoms with Crippen molar-refractivity contribution in [1.82, 2.24) is 9.55 Å². The second-order valence-electron chi connectivity index (χ2n) is 4.05. The first-order chi connectivity index (χ1) is 7.59. The van der Waals surface area contributed by atoms with Gasteiger partial charge in [0.15, 0.2) is 0 Å². The Balaban J connectivity index is 0.00000144. The highest BCUT2D eigenvalue weighted by molar-refractivity contribution is 5.85. The minimum atomic E-state index is -0.850. The van der Waals surface area contributed by atoms with E-state index in [0.717, 1.165) is 11.0 Å². The van der Waals surface area contributed by atoms with E-state index in [1.165, 1.54) is 0 Å². The van der Waals surface area contributed by atoms with Gasteiger partial charge in [-0.05, 0) is 26.0 Å². The number of aromatic nitrogens is 2. The molecule has 0 aliphatic rings. The number of fused-ring (bicyclic) bond motifs is 1. The zero-order valence-electron chi connectivity index (χ0n) is 9.75. The number of carbonyl (C=O) groups is 1. The van der Waals surface area contributed by atoms with Crippen LogP contribution in [-0.2, 0) is 11.2 Å². The number of benzene rings is 1. The van der Waals surface area contributed by atoms with Crippen molar-refractivity contribution in [1.29, 1.82) is 0 Å². The largest absolute Gasteiger partial charge is 0.481 e. The summed E-state index contributed by atoms with van der Waals surface area (Å²) in [4.78, 5) is 15.1. The lowest BCUT2D eigenvalue weighted by Gasteiger charge is -2.11. The van der Waals surface area contributed by atoms with Gasteiger partial charge in [0, 0.05) is 6.04 Å². The molecule has 2 rings (SSSR count). The van der Waals surface area contributed by atoms with Crippen LogP contribution in [0.25, 0.3) is 11.0 Å². The highest BCUT2D eigenvalue weighted by Crippen LogP contribution is 2.21. The molecule has 0 saturated heterocycles. The Morgan fingerprint density at radius 1 is 1.41 bits per heavy atom. The number of para-hydroxylation sites is 2. The molecule has 0 radical (unpaired) electrons. The number of aliphatic carboxylic acids is 1. The Bertz CT molecular complexity index is 534. The van der Waals surface area contributed by atoms with Crippen LogP contribution in [0.2, 0.25) is 0 Å². The summed E-state index contributed by atoms with van der Waals surface area (Å²) in [7, 11) is 0. The monoisotopic (exact) mass is 254 g/mol. The minimum absolute atomic E-state index is 0. The van der Waals surface area contributed by atoms with E-state index in [0.29, 0.717) is 5.82 Å². The van der Waals surface area contributed by atoms with Crippen molar-refractivity contribution in [3.8, 4) is 0 Å². The van der Waals surface area contributed by atoms with E-state index >= 15 is 0 Å². The summed E-state index contributed by atoms with van der Waals surface area (Å²) >= 11 is 0. The molecule has 0 unspecified atom stereocenters. The predicted molar refractivity (Wildman–Crippen MR) is 68.7 cm³/mol. The van der Waals surface area contributed by atoms with Crippen molar-refractivity contribution in [2.45, 2.75) is 26.3 Å². The van der Waals surface area contributed by atoms with Gasteiger partial charge in [-0.2, -0.15) is 0 Å². The van der Waals surface area contributed by atoms with Crippen LogP contribution in [0.3, 0.4) is 0 Å². The summed E-state index contributed by atoms with van der Waals surface area (Å²) in [6, 6.07) is 7.92. The quantitative estimate of drug-likeness (QED) is 0.916. The van der Waals surface area contributed by atoms with E-state index in [4.69, 9.17) is 5.11 Å². The van der Waals surface area contributed by atoms with Crippen molar-refractivity contribution >= 4 is 29.4 Å². The summed E-state index contributed by atoms with van der Waals surface area (Å²) in [5, 5.41) is 8.84. The van der Waals surface area contributed by atoms with Crippen LogP contribution in [0.4, 0.5) is 0 Å². The van der Waals surface area contributed by atoms with E-state index in [2.05, 4.69) is 4.98 Å². The molecule has 92 valence electrons. The van der Waals surface area contributed by atoms with Gasteiger partial charge in [-0.1, -0.05) is 12.1 Å². The van der Waals surface area contributed by atoms with E-state index in [1.807, 2.05) is 42.7 Å². The lowest BCUT2D eigenvalue weighted by Crippen LogP contribution is -2.10. The maximum Gasteiger partial charge on any atom is 0.311 e. The van der Waals surface area contributed by atoms with Crippen molar-refractivity contribution in [2.75, 3.05) is 0 Å². The van der Waals surface area contributed by atoms with Crippen molar-refractivity contribution in [3.63, 3.8) is 0 Å². The molecule has 0 aliphatic heterocycles. The molecular formula is C12H15ClN2O2. The van der Waals surface area contributed by atoms with Crippen LogP contribution in [0.15, 0.2) is 24.3 Å². The standard InChI is InChI=1S/C12H14N2O2.ClH/c1-8(2)14-10-6-4-3-5-9(10)13-11(14)7-12(15)16;/h3-6,8H,7H2,1-2H3,(H,15,16);1H. The third-order valence-electron chi connectivity index (χ3n) is 2.49. The summed E-state index contributed by atoms with van der Waals surface area (Å²) in [6.07, 6.45) is -0.0349. The van der Waals surface area contributed by atoms with Gasteiger partial charge in [0.25, 0.3) is 0 Å². The van der Waals surface area contributed by atoms with Crippen LogP contribution in [-0.4, -0.2) is 20.6 Å². The normalized spacial score (nSPS) is 10.5. The maximum atomic E-state index is 10.8. The van der Waals surface area contributed by atoms with Gasteiger partial charge in [0.05, 0.1) is 11.0 Å². The number of hydrogen-bond acceptors (Lipinski definition) is 2. The summed E-state index contributed by atoms with van der Waals surface area (Å²) in [5.74, 6) is -0.235. The van der Waals surface area contributed by atoms with Gasteiger partial charge in [-0.15, -0.1) is 12.4 Å². The second-order valence-corrected chi connectivity index (χ2v) is 4.05. The first kappa shape index (κ1) is 13.5. The number of carboxylic acids is 1. The molecule has 2 aromatic rings. The van der Waals surface area contributed by atoms with Gasteiger partial charge in [0.1, 0.15) is 12.2 Å². The molecule has 0 amide bonds. The van der Waals surface area contributed by atoms with Gasteiger partial charge in [-0.25, -0.2) is 4.98 Å². The summed E-state index contributed by atoms with van der Waals surface area (Å²) in [6.45, 7) is 4.05. The highest BCUT2D eigenvalue weighted by Gasteiger charge is 2.14. The fourth-order valence-corrected chi connectivity index (χ4v) is 1.93. The molecular weight excluding hydrogens is 240 g/mol. The van der Waals surface area contributed by atoms with E-state index < -0.39 is 5.97 Å². The van der Waals surface area contributed by atoms with E-state index in [1.54, 1.807) is 0 Å². The average Bonchev–Trinajstić information content (AvgIpc) is 2.53. The van der Waals surface area contributed by atoms with Gasteiger partial charge >= 0.3 is 5.97 Å². The molecule has 1 N–H and O–H groups in total. The molecule has 0 fully saturated rings. The Kier molecular flexibility index (Phi) is 4.12. The van der Waals surface area contributed by atoms with Crippen LogP contribution >= 0.6 is 12.4 Å². The topological polar surface area (TPSA) is 55.1 Å². The molecule has 0 aliphatic carbocycles. The molecule has 0 spiro atoms. The number of hydrogen-bond donors (Lipinski definition) is 1. The molecule has 1 aromatic heterocycles. The predicted octanol–water partition coefficient (Wildman–Crippen LogP) is 2.67. The van der Waals surface area contributed by atoms with Crippen molar-refractivity contribution < 1.29 is 9.90 Å². The van der Waals surface area contributed by atoms with Gasteiger partial charge in [-0.3, -0.25) is 4.79 Å². The van der Waals surface area contributed by atoms with Crippen LogP contribution < -0.4 is 0 Å². The molecule has 5 heteroatoms. The Morgan fingerprint density at radius 3 is 2.65 bits per heavy atom. The Hall–Kier alpha value is -1.55. The minimum Gasteiger partial charge on any atom is -0.481 e. The molecule has 17 heavy (non-hydrogen) atoms. The number of nitrogens with zero attached hydrogens (tertiary/aromatic N) is 2. The number of halogens is 1. The maximum absolute atomic E-state index is 10.8. The third kappa shape index (κ3) is 2.58. The zero-order valence-corrected chi connectivity index (χ0v) is 10.6.